The van der Waals surface area contributed by atoms with Gasteiger partial charge in [-0.25, -0.2) is 0 Å². The van der Waals surface area contributed by atoms with Gasteiger partial charge in [-0.15, -0.1) is 0 Å². The molecule has 0 aromatic heterocycles. The number of rotatable bonds is 7. The minimum atomic E-state index is -1.05. The first-order chi connectivity index (χ1) is 9.34. The van der Waals surface area contributed by atoms with Gasteiger partial charge in [-0.1, -0.05) is 13.8 Å². The SMILES string of the molecule is CC(C)CCNC(=O)C(C)(C)C(=O)NCC1CCCO1. The van der Waals surface area contributed by atoms with E-state index in [1.165, 1.54) is 0 Å². The molecule has 2 amide bonds. The molecule has 1 rings (SSSR count). The van der Waals surface area contributed by atoms with Gasteiger partial charge < -0.3 is 15.4 Å². The predicted octanol–water partition coefficient (Wildman–Crippen LogP) is 1.47. The van der Waals surface area contributed by atoms with Gasteiger partial charge in [0.25, 0.3) is 0 Å². The van der Waals surface area contributed by atoms with Gasteiger partial charge in [0.2, 0.25) is 11.8 Å². The van der Waals surface area contributed by atoms with Crippen LogP contribution < -0.4 is 10.6 Å². The van der Waals surface area contributed by atoms with Crippen LogP contribution in [0.15, 0.2) is 0 Å². The summed E-state index contributed by atoms with van der Waals surface area (Å²) in [6.45, 7) is 9.38. The second-order valence-corrected chi connectivity index (χ2v) is 6.41. The molecular formula is C15H28N2O3. The molecule has 1 saturated heterocycles. The summed E-state index contributed by atoms with van der Waals surface area (Å²) in [6.07, 6.45) is 3.03. The van der Waals surface area contributed by atoms with E-state index in [1.807, 2.05) is 0 Å². The summed E-state index contributed by atoms with van der Waals surface area (Å²) in [6, 6.07) is 0. The quantitative estimate of drug-likeness (QED) is 0.696. The van der Waals surface area contributed by atoms with E-state index >= 15 is 0 Å². The van der Waals surface area contributed by atoms with E-state index in [4.69, 9.17) is 4.74 Å². The first-order valence-electron chi connectivity index (χ1n) is 7.52. The number of nitrogens with one attached hydrogen (secondary N) is 2. The molecule has 5 nitrogen and oxygen atoms in total. The van der Waals surface area contributed by atoms with E-state index in [2.05, 4.69) is 24.5 Å². The Bertz CT molecular complexity index is 334. The van der Waals surface area contributed by atoms with Crippen molar-refractivity contribution < 1.29 is 14.3 Å². The van der Waals surface area contributed by atoms with Crippen LogP contribution in [0.5, 0.6) is 0 Å². The van der Waals surface area contributed by atoms with Crippen molar-refractivity contribution in [2.24, 2.45) is 11.3 Å². The summed E-state index contributed by atoms with van der Waals surface area (Å²) < 4.78 is 5.45. The fourth-order valence-corrected chi connectivity index (χ4v) is 2.03. The number of ether oxygens (including phenoxy) is 1. The van der Waals surface area contributed by atoms with Crippen LogP contribution in [0.1, 0.15) is 47.0 Å². The van der Waals surface area contributed by atoms with E-state index in [9.17, 15) is 9.59 Å². The van der Waals surface area contributed by atoms with Crippen LogP contribution in [0.2, 0.25) is 0 Å². The molecule has 20 heavy (non-hydrogen) atoms. The molecule has 116 valence electrons. The lowest BCUT2D eigenvalue weighted by molar-refractivity contribution is -0.141. The summed E-state index contributed by atoms with van der Waals surface area (Å²) in [5.41, 5.74) is -1.05. The van der Waals surface area contributed by atoms with E-state index < -0.39 is 5.41 Å². The van der Waals surface area contributed by atoms with Crippen molar-refractivity contribution in [2.75, 3.05) is 19.7 Å². The van der Waals surface area contributed by atoms with Crippen molar-refractivity contribution in [1.29, 1.82) is 0 Å². The fraction of sp³-hybridized carbons (Fsp3) is 0.867. The first-order valence-corrected chi connectivity index (χ1v) is 7.52. The Kier molecular flexibility index (Phi) is 6.46. The molecule has 0 aromatic carbocycles. The van der Waals surface area contributed by atoms with E-state index in [0.717, 1.165) is 25.9 Å². The van der Waals surface area contributed by atoms with Gasteiger partial charge in [0.15, 0.2) is 0 Å². The maximum atomic E-state index is 12.1. The van der Waals surface area contributed by atoms with Gasteiger partial charge in [-0.3, -0.25) is 9.59 Å². The minimum absolute atomic E-state index is 0.0961. The third-order valence-corrected chi connectivity index (χ3v) is 3.66. The maximum absolute atomic E-state index is 12.1. The Morgan fingerprint density at radius 2 is 1.90 bits per heavy atom. The molecule has 0 spiro atoms. The lowest BCUT2D eigenvalue weighted by Gasteiger charge is -2.23. The van der Waals surface area contributed by atoms with Crippen LogP contribution in [0.4, 0.5) is 0 Å². The summed E-state index contributed by atoms with van der Waals surface area (Å²) in [5.74, 6) is 0.0739. The van der Waals surface area contributed by atoms with E-state index in [0.29, 0.717) is 19.0 Å². The normalized spacial score (nSPS) is 19.1. The first kappa shape index (κ1) is 17.0. The zero-order valence-electron chi connectivity index (χ0n) is 13.1. The minimum Gasteiger partial charge on any atom is -0.376 e. The second kappa shape index (κ2) is 7.62. The molecule has 0 saturated carbocycles. The van der Waals surface area contributed by atoms with Crippen molar-refractivity contribution in [3.63, 3.8) is 0 Å². The van der Waals surface area contributed by atoms with Gasteiger partial charge >= 0.3 is 0 Å². The van der Waals surface area contributed by atoms with Crippen LogP contribution in [-0.2, 0) is 14.3 Å². The van der Waals surface area contributed by atoms with Crippen LogP contribution in [0.25, 0.3) is 0 Å². The third-order valence-electron chi connectivity index (χ3n) is 3.66. The van der Waals surface area contributed by atoms with Crippen molar-refractivity contribution in [2.45, 2.75) is 53.1 Å². The molecule has 1 unspecified atom stereocenters. The Hall–Kier alpha value is -1.10. The lowest BCUT2D eigenvalue weighted by atomic mass is 9.91. The monoisotopic (exact) mass is 284 g/mol. The van der Waals surface area contributed by atoms with Gasteiger partial charge in [0.05, 0.1) is 6.10 Å². The van der Waals surface area contributed by atoms with Crippen LogP contribution in [0.3, 0.4) is 0 Å². The number of hydrogen-bond donors (Lipinski definition) is 2. The summed E-state index contributed by atoms with van der Waals surface area (Å²) in [7, 11) is 0. The van der Waals surface area contributed by atoms with Gasteiger partial charge in [0.1, 0.15) is 5.41 Å². The molecule has 1 aliphatic rings. The molecule has 0 bridgehead atoms. The highest BCUT2D eigenvalue weighted by Crippen LogP contribution is 2.17. The highest BCUT2D eigenvalue weighted by atomic mass is 16.5. The lowest BCUT2D eigenvalue weighted by Crippen LogP contribution is -2.49. The number of amides is 2. The van der Waals surface area contributed by atoms with Crippen molar-refractivity contribution in [3.8, 4) is 0 Å². The average molecular weight is 284 g/mol. The highest BCUT2D eigenvalue weighted by molar-refractivity contribution is 6.04. The van der Waals surface area contributed by atoms with E-state index in [-0.39, 0.29) is 17.9 Å². The van der Waals surface area contributed by atoms with Crippen molar-refractivity contribution >= 4 is 11.8 Å². The third kappa shape index (κ3) is 5.12. The summed E-state index contributed by atoms with van der Waals surface area (Å²) >= 11 is 0. The average Bonchev–Trinajstić information content (AvgIpc) is 2.88. The van der Waals surface area contributed by atoms with Crippen molar-refractivity contribution in [1.82, 2.24) is 10.6 Å². The predicted molar refractivity (Wildman–Crippen MR) is 78.2 cm³/mol. The van der Waals surface area contributed by atoms with Crippen LogP contribution in [-0.4, -0.2) is 37.6 Å². The number of carbonyl (C=O) groups is 2. The smallest absolute Gasteiger partial charge is 0.235 e. The van der Waals surface area contributed by atoms with Crippen molar-refractivity contribution in [3.05, 3.63) is 0 Å². The topological polar surface area (TPSA) is 67.4 Å². The number of hydrogen-bond acceptors (Lipinski definition) is 3. The Morgan fingerprint density at radius 3 is 2.45 bits per heavy atom. The van der Waals surface area contributed by atoms with Gasteiger partial charge in [0, 0.05) is 19.7 Å². The second-order valence-electron chi connectivity index (χ2n) is 6.41. The molecule has 1 heterocycles. The molecule has 0 aromatic rings. The molecule has 0 aliphatic carbocycles. The summed E-state index contributed by atoms with van der Waals surface area (Å²) in [5, 5.41) is 5.65. The molecule has 0 radical (unpaired) electrons. The van der Waals surface area contributed by atoms with E-state index in [1.54, 1.807) is 13.8 Å². The molecule has 2 N–H and O–H groups in total. The molecular weight excluding hydrogens is 256 g/mol. The molecule has 1 aliphatic heterocycles. The molecule has 1 atom stereocenters. The molecule has 5 heteroatoms. The summed E-state index contributed by atoms with van der Waals surface area (Å²) in [4.78, 5) is 24.2. The molecule has 1 fully saturated rings. The Morgan fingerprint density at radius 1 is 1.25 bits per heavy atom. The van der Waals surface area contributed by atoms with Crippen LogP contribution in [0, 0.1) is 11.3 Å². The Labute approximate surface area is 121 Å². The zero-order chi connectivity index (χ0) is 15.2. The van der Waals surface area contributed by atoms with Crippen LogP contribution >= 0.6 is 0 Å². The maximum Gasteiger partial charge on any atom is 0.235 e. The van der Waals surface area contributed by atoms with Gasteiger partial charge in [-0.2, -0.15) is 0 Å². The zero-order valence-corrected chi connectivity index (χ0v) is 13.1. The standard InChI is InChI=1S/C15H28N2O3/c1-11(2)7-8-16-13(18)15(3,4)14(19)17-10-12-6-5-9-20-12/h11-12H,5-10H2,1-4H3,(H,16,18)(H,17,19). The largest absolute Gasteiger partial charge is 0.376 e. The Balaban J connectivity index is 2.36. The highest BCUT2D eigenvalue weighted by Gasteiger charge is 2.36. The van der Waals surface area contributed by atoms with Gasteiger partial charge in [-0.05, 0) is 39.0 Å². The number of carbonyl (C=O) groups excluding carboxylic acids is 2. The fourth-order valence-electron chi connectivity index (χ4n) is 2.03.